The van der Waals surface area contributed by atoms with Crippen LogP contribution in [0.5, 0.6) is 0 Å². The Kier molecular flexibility index (Phi) is 16.8. The lowest BCUT2D eigenvalue weighted by atomic mass is 10.0. The predicted octanol–water partition coefficient (Wildman–Crippen LogP) is 4.50. The van der Waals surface area contributed by atoms with Crippen LogP contribution in [0.2, 0.25) is 0 Å². The Morgan fingerprint density at radius 1 is 0.493 bits per heavy atom. The number of rotatable bonds is 10. The number of ketones is 1. The second-order valence-electron chi connectivity index (χ2n) is 18.0. The molecule has 4 fully saturated rings. The van der Waals surface area contributed by atoms with Crippen LogP contribution < -0.4 is 19.6 Å². The maximum absolute atomic E-state index is 14.7. The molecule has 8 rings (SSSR count). The van der Waals surface area contributed by atoms with Gasteiger partial charge in [0.1, 0.15) is 11.6 Å². The number of amides is 2. The highest BCUT2D eigenvalue weighted by Crippen LogP contribution is 2.38. The Hall–Kier alpha value is -6.13. The summed E-state index contributed by atoms with van der Waals surface area (Å²) in [5.41, 5.74) is -0.237. The van der Waals surface area contributed by atoms with E-state index in [1.165, 1.54) is 39.0 Å². The van der Waals surface area contributed by atoms with Crippen LogP contribution in [0.3, 0.4) is 0 Å². The summed E-state index contributed by atoms with van der Waals surface area (Å²) in [6, 6.07) is 13.7. The molecule has 0 unspecified atom stereocenters. The van der Waals surface area contributed by atoms with E-state index in [0.717, 1.165) is 36.8 Å². The number of ether oxygens (including phenoxy) is 2. The lowest BCUT2D eigenvalue weighted by Gasteiger charge is -2.37. The Morgan fingerprint density at radius 2 is 0.853 bits per heavy atom. The minimum absolute atomic E-state index is 0.00126. The molecule has 17 nitrogen and oxygen atoms in total. The largest absolute Gasteiger partial charge is 0.454 e. The lowest BCUT2D eigenvalue weighted by Crippen LogP contribution is -2.49. The second-order valence-corrected chi connectivity index (χ2v) is 22.0. The van der Waals surface area contributed by atoms with Gasteiger partial charge in [-0.05, 0) is 66.7 Å². The first-order valence-electron chi connectivity index (χ1n) is 23.2. The number of halogens is 8. The van der Waals surface area contributed by atoms with Crippen molar-refractivity contribution in [3.05, 3.63) is 107 Å². The van der Waals surface area contributed by atoms with Crippen molar-refractivity contribution in [1.29, 1.82) is 0 Å². The summed E-state index contributed by atoms with van der Waals surface area (Å²) in [5.74, 6) is -9.14. The highest BCUT2D eigenvalue weighted by atomic mass is 32.2. The highest BCUT2D eigenvalue weighted by molar-refractivity contribution is 7.91. The third-order valence-electron chi connectivity index (χ3n) is 13.0. The second kappa shape index (κ2) is 22.2. The number of aliphatic hydroxyl groups is 2. The van der Waals surface area contributed by atoms with Gasteiger partial charge in [0.2, 0.25) is 0 Å². The van der Waals surface area contributed by atoms with Gasteiger partial charge in [-0.3, -0.25) is 14.4 Å². The summed E-state index contributed by atoms with van der Waals surface area (Å²) in [4.78, 5) is 48.5. The number of nitrogens with zero attached hydrogens (tertiary/aromatic N) is 6. The van der Waals surface area contributed by atoms with Crippen LogP contribution in [0.1, 0.15) is 36.6 Å². The monoisotopic (exact) mass is 1100 g/mol. The van der Waals surface area contributed by atoms with Crippen molar-refractivity contribution < 1.29 is 86.0 Å². The van der Waals surface area contributed by atoms with Crippen molar-refractivity contribution in [2.24, 2.45) is 0 Å². The van der Waals surface area contributed by atoms with E-state index in [-0.39, 0.29) is 90.6 Å². The molecule has 0 spiro atoms. The van der Waals surface area contributed by atoms with Gasteiger partial charge in [-0.2, -0.15) is 26.3 Å². The molecule has 75 heavy (non-hydrogen) atoms. The molecule has 408 valence electrons. The Morgan fingerprint density at radius 3 is 1.20 bits per heavy atom. The third-order valence-corrected chi connectivity index (χ3v) is 15.2. The third kappa shape index (κ3) is 12.9. The van der Waals surface area contributed by atoms with Crippen molar-refractivity contribution in [1.82, 2.24) is 9.80 Å². The Bertz CT molecular complexity index is 3010. The molecule has 0 aliphatic carbocycles. The zero-order valence-corrected chi connectivity index (χ0v) is 42.0. The number of carbonyl (C=O) groups excluding carboxylic acids is 3. The van der Waals surface area contributed by atoms with Crippen molar-refractivity contribution in [3.63, 3.8) is 0 Å². The lowest BCUT2D eigenvalue weighted by molar-refractivity contribution is -0.358. The smallest absolute Gasteiger partial charge is 0.378 e. The topological polar surface area (TPSA) is 198 Å². The van der Waals surface area contributed by atoms with Crippen LogP contribution in [0.4, 0.5) is 57.9 Å². The van der Waals surface area contributed by atoms with Gasteiger partial charge in [0, 0.05) is 114 Å². The van der Waals surface area contributed by atoms with Crippen molar-refractivity contribution in [2.75, 3.05) is 137 Å². The summed E-state index contributed by atoms with van der Waals surface area (Å²) in [7, 11) is -7.14. The molecule has 4 heterocycles. The van der Waals surface area contributed by atoms with E-state index in [1.54, 1.807) is 17.0 Å². The molecule has 0 aromatic heterocycles. The fraction of sp³-hybridized carbons (Fsp3) is 0.438. The van der Waals surface area contributed by atoms with E-state index >= 15 is 0 Å². The molecule has 0 radical (unpaired) electrons. The number of hydrogen-bond donors (Lipinski definition) is 2. The van der Waals surface area contributed by atoms with Crippen LogP contribution >= 0.6 is 0 Å². The van der Waals surface area contributed by atoms with Crippen LogP contribution in [0.15, 0.2) is 82.6 Å². The van der Waals surface area contributed by atoms with Gasteiger partial charge >= 0.3 is 12.4 Å². The van der Waals surface area contributed by atoms with E-state index in [2.05, 4.69) is 0 Å². The van der Waals surface area contributed by atoms with Crippen molar-refractivity contribution >= 4 is 60.0 Å². The molecule has 4 aliphatic rings. The number of Topliss-reactive ketones (excluding diaryl/α,β-unsaturated/α-hetero) is 1. The molecule has 0 saturated carbocycles. The van der Waals surface area contributed by atoms with Gasteiger partial charge in [0.05, 0.1) is 58.7 Å². The molecule has 0 bridgehead atoms. The van der Waals surface area contributed by atoms with E-state index in [1.807, 2.05) is 9.80 Å². The number of morpholine rings is 2. The quantitative estimate of drug-likeness (QED) is 0.128. The molecule has 4 saturated heterocycles. The molecule has 4 aromatic rings. The average molecular weight is 1110 g/mol. The van der Waals surface area contributed by atoms with E-state index in [0.29, 0.717) is 76.1 Å². The van der Waals surface area contributed by atoms with Crippen LogP contribution in [-0.4, -0.2) is 184 Å². The molecule has 4 aromatic carbocycles. The predicted molar refractivity (Wildman–Crippen MR) is 257 cm³/mol. The number of benzene rings is 4. The summed E-state index contributed by atoms with van der Waals surface area (Å²) in [6.07, 6.45) is -8.41. The summed E-state index contributed by atoms with van der Waals surface area (Å²) in [6.45, 7) is 5.28. The van der Waals surface area contributed by atoms with Gasteiger partial charge in [-0.25, -0.2) is 25.6 Å². The number of sulfone groups is 2. The van der Waals surface area contributed by atoms with E-state index in [9.17, 15) is 76.6 Å². The van der Waals surface area contributed by atoms with Crippen LogP contribution in [0, 0.1) is 11.6 Å². The zero-order valence-electron chi connectivity index (χ0n) is 40.3. The zero-order chi connectivity index (χ0) is 54.8. The van der Waals surface area contributed by atoms with Gasteiger partial charge < -0.3 is 49.1 Å². The number of hydrogen-bond acceptors (Lipinski definition) is 15. The summed E-state index contributed by atoms with van der Waals surface area (Å²) >= 11 is 0. The number of anilines is 4. The summed E-state index contributed by atoms with van der Waals surface area (Å²) < 4.78 is 165. The van der Waals surface area contributed by atoms with Crippen LogP contribution in [-0.2, 0) is 34.9 Å². The molecule has 0 atom stereocenters. The van der Waals surface area contributed by atoms with Crippen LogP contribution in [0.25, 0.3) is 0 Å². The summed E-state index contributed by atoms with van der Waals surface area (Å²) in [5, 5.41) is 18.8. The fourth-order valence-corrected chi connectivity index (χ4v) is 10.1. The van der Waals surface area contributed by atoms with Crippen molar-refractivity contribution in [3.8, 4) is 0 Å². The maximum atomic E-state index is 14.7. The number of carbonyl (C=O) groups is 3. The van der Waals surface area contributed by atoms with Gasteiger partial charge in [0.25, 0.3) is 23.4 Å². The molecule has 4 aliphatic heterocycles. The molecule has 2 N–H and O–H groups in total. The number of alkyl halides is 6. The fourth-order valence-electron chi connectivity index (χ4n) is 8.85. The first kappa shape index (κ1) is 56.6. The van der Waals surface area contributed by atoms with E-state index in [4.69, 9.17) is 9.47 Å². The molecular formula is C48H52F8N6O11S2. The first-order chi connectivity index (χ1) is 35.1. The average Bonchev–Trinajstić information content (AvgIpc) is 3.37. The maximum Gasteiger partial charge on any atom is 0.454 e. The highest BCUT2D eigenvalue weighted by Gasteiger charge is 2.54. The van der Waals surface area contributed by atoms with E-state index < -0.39 is 72.3 Å². The van der Waals surface area contributed by atoms with Crippen molar-refractivity contribution in [2.45, 2.75) is 27.9 Å². The van der Waals surface area contributed by atoms with Gasteiger partial charge in [0.15, 0.2) is 19.7 Å². The molecule has 27 heteroatoms. The molecule has 2 amide bonds. The SMILES string of the molecule is CS(=O)(=O)c1ccc(N2CCOCC2)c(C(=O)N2CCN(c3ccc(C(=O)C(F)(F)F)cc3F)CC2)c1.CS(=O)(=O)c1ccc(N2CCOCC2)c(C(=O)N2CCN(c3ccc(C(O)(O)C(F)(F)F)cc3F)CC2)c1. The molecular weight excluding hydrogens is 1050 g/mol. The minimum Gasteiger partial charge on any atom is -0.378 e. The standard InChI is InChI=1S/C24H27F4N3O6S.C24H25F4N3O5S/c1-38(35,36)17-3-5-20(30-10-12-37-13-11-30)18(15-17)22(32)31-8-6-29(7-9-31)21-4-2-16(14-19(21)25)23(33,34)24(26,27)28;1-37(34,35)17-3-5-20(30-10-12-36-13-11-30)18(15-17)23(33)31-8-6-29(7-9-31)21-4-2-16(14-19(21)25)22(32)24(26,27)28/h2-5,14-15,33-34H,6-13H2,1H3;2-5,14-15H,6-13H2,1H3. The first-order valence-corrected chi connectivity index (χ1v) is 27.0. The van der Waals surface area contributed by atoms with Gasteiger partial charge in [-0.1, -0.05) is 6.07 Å². The Labute approximate surface area is 426 Å². The normalized spacial score (nSPS) is 17.4. The Balaban J connectivity index is 0.000000219. The number of piperazine rings is 2. The van der Waals surface area contributed by atoms with Gasteiger partial charge in [-0.15, -0.1) is 0 Å². The minimum atomic E-state index is -5.42.